The Labute approximate surface area is 67.9 Å². The lowest BCUT2D eigenvalue weighted by atomic mass is 9.97. The lowest BCUT2D eigenvalue weighted by Crippen LogP contribution is -2.32. The van der Waals surface area contributed by atoms with Crippen LogP contribution in [-0.2, 0) is 9.53 Å². The van der Waals surface area contributed by atoms with E-state index in [9.17, 15) is 4.79 Å². The number of hydrogen-bond acceptors (Lipinski definition) is 2. The van der Waals surface area contributed by atoms with Gasteiger partial charge >= 0.3 is 5.97 Å². The monoisotopic (exact) mass is 156 g/mol. The smallest absolute Gasteiger partial charge is 0.303 e. The Kier molecular flexibility index (Phi) is 2.21. The fourth-order valence-corrected chi connectivity index (χ4v) is 1.47. The van der Waals surface area contributed by atoms with Crippen LogP contribution < -0.4 is 0 Å². The molecule has 0 radical (unpaired) electrons. The van der Waals surface area contributed by atoms with Gasteiger partial charge in [-0.3, -0.25) is 4.79 Å². The van der Waals surface area contributed by atoms with Crippen LogP contribution >= 0.6 is 0 Å². The Balaban J connectivity index is 2.51. The molecule has 0 heterocycles. The van der Waals surface area contributed by atoms with Crippen LogP contribution in [0.3, 0.4) is 0 Å². The highest BCUT2D eigenvalue weighted by Crippen LogP contribution is 2.43. The molecule has 1 saturated carbocycles. The molecule has 1 fully saturated rings. The number of ether oxygens (including phenoxy) is 1. The lowest BCUT2D eigenvalue weighted by molar-refractivity contribution is -0.157. The third-order valence-corrected chi connectivity index (χ3v) is 2.52. The molecular weight excluding hydrogens is 140 g/mol. The molecular formula is C9H16O2. The maximum Gasteiger partial charge on any atom is 0.303 e. The van der Waals surface area contributed by atoms with Gasteiger partial charge in [-0.05, 0) is 32.1 Å². The summed E-state index contributed by atoms with van der Waals surface area (Å²) >= 11 is 0. The van der Waals surface area contributed by atoms with Crippen molar-refractivity contribution in [2.45, 2.75) is 45.6 Å². The highest BCUT2D eigenvalue weighted by atomic mass is 16.6. The number of carbonyl (C=O) groups excluding carboxylic acids is 1. The third kappa shape index (κ3) is 1.95. The van der Waals surface area contributed by atoms with Gasteiger partial charge in [-0.25, -0.2) is 0 Å². The van der Waals surface area contributed by atoms with Gasteiger partial charge in [0.1, 0.15) is 5.60 Å². The van der Waals surface area contributed by atoms with E-state index in [-0.39, 0.29) is 11.6 Å². The average Bonchev–Trinajstić information content (AvgIpc) is 2.66. The summed E-state index contributed by atoms with van der Waals surface area (Å²) in [6, 6.07) is 0. The van der Waals surface area contributed by atoms with Gasteiger partial charge < -0.3 is 4.74 Å². The van der Waals surface area contributed by atoms with Crippen molar-refractivity contribution in [1.29, 1.82) is 0 Å². The highest BCUT2D eigenvalue weighted by molar-refractivity contribution is 5.66. The third-order valence-electron chi connectivity index (χ3n) is 2.52. The molecule has 11 heavy (non-hydrogen) atoms. The minimum Gasteiger partial charge on any atom is -0.459 e. The molecule has 0 amide bonds. The van der Waals surface area contributed by atoms with Crippen molar-refractivity contribution in [2.24, 2.45) is 5.92 Å². The van der Waals surface area contributed by atoms with E-state index in [1.165, 1.54) is 19.8 Å². The van der Waals surface area contributed by atoms with Gasteiger partial charge in [-0.15, -0.1) is 0 Å². The lowest BCUT2D eigenvalue weighted by Gasteiger charge is -2.27. The summed E-state index contributed by atoms with van der Waals surface area (Å²) in [6.07, 6.45) is 3.37. The molecule has 0 aliphatic heterocycles. The zero-order chi connectivity index (χ0) is 8.48. The number of rotatable bonds is 3. The van der Waals surface area contributed by atoms with Gasteiger partial charge in [0, 0.05) is 6.92 Å². The fourth-order valence-electron chi connectivity index (χ4n) is 1.47. The molecule has 0 saturated heterocycles. The molecule has 0 aromatic carbocycles. The van der Waals surface area contributed by atoms with E-state index in [0.29, 0.717) is 5.92 Å². The molecule has 1 aliphatic rings. The predicted molar refractivity (Wildman–Crippen MR) is 43.2 cm³/mol. The second-order valence-corrected chi connectivity index (χ2v) is 3.53. The quantitative estimate of drug-likeness (QED) is 0.585. The molecule has 2 heteroatoms. The maximum atomic E-state index is 10.7. The molecule has 1 aliphatic carbocycles. The summed E-state index contributed by atoms with van der Waals surface area (Å²) in [5.74, 6) is 0.470. The first-order valence-electron chi connectivity index (χ1n) is 4.28. The largest absolute Gasteiger partial charge is 0.459 e. The van der Waals surface area contributed by atoms with Gasteiger partial charge in [0.05, 0.1) is 0 Å². The Morgan fingerprint density at radius 1 is 1.64 bits per heavy atom. The molecule has 0 bridgehead atoms. The summed E-state index contributed by atoms with van der Waals surface area (Å²) in [7, 11) is 0. The van der Waals surface area contributed by atoms with E-state index >= 15 is 0 Å². The van der Waals surface area contributed by atoms with Gasteiger partial charge in [-0.1, -0.05) is 6.92 Å². The van der Waals surface area contributed by atoms with E-state index < -0.39 is 0 Å². The second kappa shape index (κ2) is 2.84. The van der Waals surface area contributed by atoms with Crippen LogP contribution in [0.5, 0.6) is 0 Å². The number of hydrogen-bond donors (Lipinski definition) is 0. The zero-order valence-corrected chi connectivity index (χ0v) is 7.52. The fraction of sp³-hybridized carbons (Fsp3) is 0.889. The van der Waals surface area contributed by atoms with Gasteiger partial charge in [0.15, 0.2) is 0 Å². The van der Waals surface area contributed by atoms with Crippen LogP contribution in [0, 0.1) is 5.92 Å². The van der Waals surface area contributed by atoms with Crippen LogP contribution in [0.4, 0.5) is 0 Å². The van der Waals surface area contributed by atoms with E-state index in [4.69, 9.17) is 4.74 Å². The van der Waals surface area contributed by atoms with E-state index in [2.05, 4.69) is 6.92 Å². The molecule has 1 rings (SSSR count). The summed E-state index contributed by atoms with van der Waals surface area (Å²) < 4.78 is 5.27. The minimum absolute atomic E-state index is 0.152. The first kappa shape index (κ1) is 8.57. The molecule has 1 unspecified atom stereocenters. The van der Waals surface area contributed by atoms with Gasteiger partial charge in [0.2, 0.25) is 0 Å². The molecule has 0 aromatic rings. The summed E-state index contributed by atoms with van der Waals surface area (Å²) in [4.78, 5) is 10.7. The van der Waals surface area contributed by atoms with E-state index in [1.54, 1.807) is 0 Å². The molecule has 64 valence electrons. The molecule has 0 aromatic heterocycles. The van der Waals surface area contributed by atoms with Crippen molar-refractivity contribution < 1.29 is 9.53 Å². The van der Waals surface area contributed by atoms with Crippen molar-refractivity contribution in [2.75, 3.05) is 0 Å². The van der Waals surface area contributed by atoms with Crippen LogP contribution in [0.15, 0.2) is 0 Å². The Bertz CT molecular complexity index is 161. The standard InChI is InChI=1S/C9H16O2/c1-4-9(3,8-5-6-8)11-7(2)10/h8H,4-6H2,1-3H3. The second-order valence-electron chi connectivity index (χ2n) is 3.53. The van der Waals surface area contributed by atoms with Crippen molar-refractivity contribution in [3.8, 4) is 0 Å². The summed E-state index contributed by atoms with van der Waals surface area (Å²) in [5.41, 5.74) is -0.175. The summed E-state index contributed by atoms with van der Waals surface area (Å²) in [6.45, 7) is 5.59. The molecule has 1 atom stereocenters. The first-order chi connectivity index (χ1) is 5.08. The van der Waals surface area contributed by atoms with Gasteiger partial charge in [0.25, 0.3) is 0 Å². The van der Waals surface area contributed by atoms with Crippen LogP contribution in [0.2, 0.25) is 0 Å². The summed E-state index contributed by atoms with van der Waals surface area (Å²) in [5, 5.41) is 0. The van der Waals surface area contributed by atoms with Crippen molar-refractivity contribution in [3.63, 3.8) is 0 Å². The van der Waals surface area contributed by atoms with Gasteiger partial charge in [-0.2, -0.15) is 0 Å². The highest BCUT2D eigenvalue weighted by Gasteiger charge is 2.42. The van der Waals surface area contributed by atoms with E-state index in [0.717, 1.165) is 6.42 Å². The predicted octanol–water partition coefficient (Wildman–Crippen LogP) is 2.13. The van der Waals surface area contributed by atoms with Crippen molar-refractivity contribution >= 4 is 5.97 Å². The number of carbonyl (C=O) groups is 1. The topological polar surface area (TPSA) is 26.3 Å². The molecule has 0 N–H and O–H groups in total. The minimum atomic E-state index is -0.175. The zero-order valence-electron chi connectivity index (χ0n) is 7.52. The first-order valence-corrected chi connectivity index (χ1v) is 4.28. The Morgan fingerprint density at radius 2 is 2.18 bits per heavy atom. The SMILES string of the molecule is CCC(C)(OC(C)=O)C1CC1. The maximum absolute atomic E-state index is 10.7. The van der Waals surface area contributed by atoms with Crippen molar-refractivity contribution in [3.05, 3.63) is 0 Å². The number of esters is 1. The Morgan fingerprint density at radius 3 is 2.45 bits per heavy atom. The van der Waals surface area contributed by atoms with Crippen LogP contribution in [-0.4, -0.2) is 11.6 Å². The van der Waals surface area contributed by atoms with Crippen LogP contribution in [0.1, 0.15) is 40.0 Å². The molecule has 0 spiro atoms. The average molecular weight is 156 g/mol. The Hall–Kier alpha value is -0.530. The normalized spacial score (nSPS) is 22.5. The van der Waals surface area contributed by atoms with E-state index in [1.807, 2.05) is 6.92 Å². The van der Waals surface area contributed by atoms with Crippen molar-refractivity contribution in [1.82, 2.24) is 0 Å². The van der Waals surface area contributed by atoms with Crippen LogP contribution in [0.25, 0.3) is 0 Å². The molecule has 2 nitrogen and oxygen atoms in total.